The van der Waals surface area contributed by atoms with Crippen LogP contribution in [0.3, 0.4) is 0 Å². The largest absolute Gasteiger partial charge is 0.490 e. The van der Waals surface area contributed by atoms with Crippen LogP contribution in [0.5, 0.6) is 5.75 Å². The van der Waals surface area contributed by atoms with Gasteiger partial charge in [0.15, 0.2) is 0 Å². The Hall–Kier alpha value is -2.67. The molecule has 2 heterocycles. The first kappa shape index (κ1) is 21.0. The van der Waals surface area contributed by atoms with Crippen LogP contribution in [-0.2, 0) is 0 Å². The van der Waals surface area contributed by atoms with E-state index in [4.69, 9.17) is 10.5 Å². The number of alkyl halides is 2. The fourth-order valence-corrected chi connectivity index (χ4v) is 3.47. The van der Waals surface area contributed by atoms with Gasteiger partial charge >= 0.3 is 0 Å². The van der Waals surface area contributed by atoms with Crippen molar-refractivity contribution >= 4 is 10.9 Å². The van der Waals surface area contributed by atoms with Crippen molar-refractivity contribution in [3.8, 4) is 17.0 Å². The second-order valence-corrected chi connectivity index (χ2v) is 7.94. The molecule has 0 saturated heterocycles. The lowest BCUT2D eigenvalue weighted by atomic mass is 9.93. The van der Waals surface area contributed by atoms with Crippen molar-refractivity contribution in [1.29, 1.82) is 0 Å². The summed E-state index contributed by atoms with van der Waals surface area (Å²) in [5, 5.41) is 0.500. The summed E-state index contributed by atoms with van der Waals surface area (Å²) in [6.45, 7) is 5.99. The highest BCUT2D eigenvalue weighted by Crippen LogP contribution is 2.33. The van der Waals surface area contributed by atoms with Crippen molar-refractivity contribution in [2.45, 2.75) is 39.2 Å². The van der Waals surface area contributed by atoms with Crippen LogP contribution in [0.4, 0.5) is 13.2 Å². The maximum absolute atomic E-state index is 13.7. The topological polar surface area (TPSA) is 61.0 Å². The van der Waals surface area contributed by atoms with Crippen LogP contribution in [0.15, 0.2) is 42.6 Å². The minimum absolute atomic E-state index is 0.00581. The van der Waals surface area contributed by atoms with Crippen molar-refractivity contribution in [3.63, 3.8) is 0 Å². The number of nitrogens with two attached hydrogens (primary N) is 1. The molecule has 3 rings (SSSR count). The number of fused-ring (bicyclic) bond motifs is 1. The molecule has 154 valence electrons. The van der Waals surface area contributed by atoms with Crippen LogP contribution in [0, 0.1) is 11.7 Å². The highest BCUT2D eigenvalue weighted by Gasteiger charge is 2.24. The van der Waals surface area contributed by atoms with Crippen LogP contribution in [-0.4, -0.2) is 22.1 Å². The van der Waals surface area contributed by atoms with E-state index in [1.807, 2.05) is 20.8 Å². The molecule has 1 unspecified atom stereocenters. The van der Waals surface area contributed by atoms with Crippen LogP contribution < -0.4 is 10.5 Å². The third-order valence-corrected chi connectivity index (χ3v) is 4.50. The van der Waals surface area contributed by atoms with E-state index in [2.05, 4.69) is 9.97 Å². The monoisotopic (exact) mass is 403 g/mol. The summed E-state index contributed by atoms with van der Waals surface area (Å²) in [5.41, 5.74) is 6.47. The number of rotatable bonds is 7. The molecule has 0 fully saturated rings. The average Bonchev–Trinajstić information content (AvgIpc) is 2.64. The molecule has 1 aromatic carbocycles. The molecule has 2 N–H and O–H groups in total. The number of benzene rings is 1. The van der Waals surface area contributed by atoms with Gasteiger partial charge in [-0.25, -0.2) is 18.2 Å². The lowest BCUT2D eigenvalue weighted by Gasteiger charge is -2.27. The molecule has 2 aromatic heterocycles. The average molecular weight is 403 g/mol. The van der Waals surface area contributed by atoms with Crippen LogP contribution in [0.1, 0.15) is 39.3 Å². The maximum atomic E-state index is 13.7. The van der Waals surface area contributed by atoms with Gasteiger partial charge in [0, 0.05) is 22.7 Å². The molecule has 0 aliphatic rings. The van der Waals surface area contributed by atoms with Gasteiger partial charge in [-0.3, -0.25) is 4.98 Å². The lowest BCUT2D eigenvalue weighted by molar-refractivity contribution is 0.134. The van der Waals surface area contributed by atoms with Crippen LogP contribution in [0.2, 0.25) is 0 Å². The molecular weight excluding hydrogens is 379 g/mol. The second-order valence-electron chi connectivity index (χ2n) is 7.94. The van der Waals surface area contributed by atoms with Crippen molar-refractivity contribution in [1.82, 2.24) is 9.97 Å². The quantitative estimate of drug-likeness (QED) is 0.565. The first-order valence-electron chi connectivity index (χ1n) is 9.42. The predicted molar refractivity (Wildman–Crippen MR) is 107 cm³/mol. The lowest BCUT2D eigenvalue weighted by Crippen LogP contribution is -2.43. The number of hydrogen-bond donors (Lipinski definition) is 1. The molecule has 7 heteroatoms. The van der Waals surface area contributed by atoms with Gasteiger partial charge in [0.05, 0.1) is 11.2 Å². The zero-order chi connectivity index (χ0) is 21.2. The normalized spacial score (nSPS) is 13.8. The first-order chi connectivity index (χ1) is 13.7. The van der Waals surface area contributed by atoms with E-state index < -0.39 is 23.5 Å². The Morgan fingerprint density at radius 1 is 1.14 bits per heavy atom. The molecule has 0 bridgehead atoms. The number of pyridine rings is 2. The maximum Gasteiger partial charge on any atom is 0.284 e. The Labute approximate surface area is 167 Å². The van der Waals surface area contributed by atoms with Crippen molar-refractivity contribution in [2.24, 2.45) is 11.7 Å². The Morgan fingerprint density at radius 2 is 1.90 bits per heavy atom. The molecule has 0 aliphatic heterocycles. The van der Waals surface area contributed by atoms with E-state index in [1.54, 1.807) is 12.1 Å². The number of hydrogen-bond acceptors (Lipinski definition) is 4. The Bertz CT molecular complexity index is 1010. The van der Waals surface area contributed by atoms with Gasteiger partial charge in [0.25, 0.3) is 6.43 Å². The van der Waals surface area contributed by atoms with Gasteiger partial charge in [-0.2, -0.15) is 0 Å². The summed E-state index contributed by atoms with van der Waals surface area (Å²) in [4.78, 5) is 8.30. The Morgan fingerprint density at radius 3 is 2.59 bits per heavy atom. The van der Waals surface area contributed by atoms with E-state index in [9.17, 15) is 13.2 Å². The summed E-state index contributed by atoms with van der Waals surface area (Å²) >= 11 is 0. The van der Waals surface area contributed by atoms with Gasteiger partial charge in [0.1, 0.15) is 23.9 Å². The van der Waals surface area contributed by atoms with Crippen LogP contribution in [0.25, 0.3) is 22.2 Å². The summed E-state index contributed by atoms with van der Waals surface area (Å²) in [6, 6.07) is 8.82. The van der Waals surface area contributed by atoms with Gasteiger partial charge in [-0.15, -0.1) is 0 Å². The number of ether oxygens (including phenoxy) is 1. The predicted octanol–water partition coefficient (Wildman–Crippen LogP) is 5.52. The van der Waals surface area contributed by atoms with Crippen LogP contribution >= 0.6 is 0 Å². The number of nitrogens with zero attached hydrogens (tertiary/aromatic N) is 2. The van der Waals surface area contributed by atoms with E-state index in [1.165, 1.54) is 30.5 Å². The molecule has 0 spiro atoms. The fourth-order valence-electron chi connectivity index (χ4n) is 3.47. The molecule has 0 aliphatic carbocycles. The molecule has 4 nitrogen and oxygen atoms in total. The minimum atomic E-state index is -2.83. The van der Waals surface area contributed by atoms with Gasteiger partial charge in [0.2, 0.25) is 0 Å². The van der Waals surface area contributed by atoms with E-state index in [0.717, 1.165) is 0 Å². The first-order valence-corrected chi connectivity index (χ1v) is 9.42. The van der Waals surface area contributed by atoms with Gasteiger partial charge in [-0.05, 0) is 55.7 Å². The summed E-state index contributed by atoms with van der Waals surface area (Å²) in [7, 11) is 0. The highest BCUT2D eigenvalue weighted by molar-refractivity contribution is 5.93. The third-order valence-electron chi connectivity index (χ3n) is 4.50. The van der Waals surface area contributed by atoms with Crippen molar-refractivity contribution in [3.05, 3.63) is 54.1 Å². The molecule has 29 heavy (non-hydrogen) atoms. The smallest absolute Gasteiger partial charge is 0.284 e. The molecule has 3 aromatic rings. The van der Waals surface area contributed by atoms with Crippen molar-refractivity contribution in [2.75, 3.05) is 6.61 Å². The molecule has 0 saturated carbocycles. The minimum Gasteiger partial charge on any atom is -0.490 e. The summed E-state index contributed by atoms with van der Waals surface area (Å²) in [5.74, 6) is -0.0917. The van der Waals surface area contributed by atoms with Crippen molar-refractivity contribution < 1.29 is 17.9 Å². The summed E-state index contributed by atoms with van der Waals surface area (Å²) < 4.78 is 46.7. The second kappa shape index (κ2) is 8.37. The zero-order valence-electron chi connectivity index (χ0n) is 16.6. The SMILES string of the molecule is CC(C)CC(C)(N)COc1ccc(-c2ccnc3ccc(F)cc23)nc1C(F)F. The van der Waals surface area contributed by atoms with E-state index in [-0.39, 0.29) is 12.4 Å². The van der Waals surface area contributed by atoms with Gasteiger partial charge in [-0.1, -0.05) is 13.8 Å². The zero-order valence-corrected chi connectivity index (χ0v) is 16.6. The molecular formula is C22H24F3N3O. The standard InChI is InChI=1S/C22H24F3N3O/c1-13(2)11-22(3,26)12-29-19-7-6-18(28-20(19)21(24)25)15-8-9-27-17-5-4-14(23)10-16(15)17/h4-10,13,21H,11-12,26H2,1-3H3. The third kappa shape index (κ3) is 5.03. The number of halogens is 3. The fraction of sp³-hybridized carbons (Fsp3) is 0.364. The molecule has 1 atom stereocenters. The highest BCUT2D eigenvalue weighted by atomic mass is 19.3. The molecule has 0 radical (unpaired) electrons. The van der Waals surface area contributed by atoms with E-state index >= 15 is 0 Å². The van der Waals surface area contributed by atoms with Gasteiger partial charge < -0.3 is 10.5 Å². The Balaban J connectivity index is 1.96. The Kier molecular flexibility index (Phi) is 6.07. The number of aromatic nitrogens is 2. The van der Waals surface area contributed by atoms with E-state index in [0.29, 0.717) is 34.5 Å². The summed E-state index contributed by atoms with van der Waals surface area (Å²) in [6.07, 6.45) is -0.601. The molecule has 0 amide bonds.